The van der Waals surface area contributed by atoms with Crippen LogP contribution in [0.25, 0.3) is 11.4 Å². The Morgan fingerprint density at radius 2 is 2.00 bits per heavy atom. The molecule has 0 aliphatic rings. The molecule has 5 heteroatoms. The maximum absolute atomic E-state index is 5.97. The summed E-state index contributed by atoms with van der Waals surface area (Å²) in [6.45, 7) is 0.606. The summed E-state index contributed by atoms with van der Waals surface area (Å²) >= 11 is 8.07. The first kappa shape index (κ1) is 12.7. The molecule has 0 saturated heterocycles. The molecule has 88 valence electrons. The molecule has 0 spiro atoms. The molecule has 0 atom stereocenters. The van der Waals surface area contributed by atoms with Gasteiger partial charge in [-0.1, -0.05) is 35.9 Å². The Bertz CT molecular complexity index is 516. The summed E-state index contributed by atoms with van der Waals surface area (Å²) in [5.41, 5.74) is 2.07. The van der Waals surface area contributed by atoms with Gasteiger partial charge >= 0.3 is 0 Å². The van der Waals surface area contributed by atoms with E-state index in [1.54, 1.807) is 13.3 Å². The summed E-state index contributed by atoms with van der Waals surface area (Å²) in [6, 6.07) is 7.92. The van der Waals surface area contributed by atoms with Gasteiger partial charge in [0.15, 0.2) is 5.82 Å². The van der Waals surface area contributed by atoms with E-state index in [2.05, 4.69) is 32.6 Å². The average Bonchev–Trinajstić information content (AvgIpc) is 2.34. The van der Waals surface area contributed by atoms with Gasteiger partial charge in [-0.05, 0) is 28.2 Å². The van der Waals surface area contributed by atoms with Gasteiger partial charge in [0.05, 0.1) is 10.2 Å². The lowest BCUT2D eigenvalue weighted by Crippen LogP contribution is -1.92. The zero-order valence-corrected chi connectivity index (χ0v) is 12.1. The summed E-state index contributed by atoms with van der Waals surface area (Å²) in [5, 5.41) is 0.483. The molecule has 0 aliphatic carbocycles. The van der Waals surface area contributed by atoms with Crippen LogP contribution in [0.5, 0.6) is 0 Å². The number of hydrogen-bond acceptors (Lipinski definition) is 3. The van der Waals surface area contributed by atoms with Crippen LogP contribution in [0.4, 0.5) is 0 Å². The van der Waals surface area contributed by atoms with Gasteiger partial charge in [-0.2, -0.15) is 0 Å². The van der Waals surface area contributed by atoms with Gasteiger partial charge in [-0.25, -0.2) is 9.97 Å². The topological polar surface area (TPSA) is 35.0 Å². The predicted molar refractivity (Wildman–Crippen MR) is 75.9 cm³/mol. The van der Waals surface area contributed by atoms with Crippen molar-refractivity contribution in [2.24, 2.45) is 0 Å². The fraction of sp³-hybridized carbons (Fsp3) is 0.167. The van der Waals surface area contributed by atoms with Gasteiger partial charge in [0.25, 0.3) is 0 Å². The summed E-state index contributed by atoms with van der Waals surface area (Å²) in [4.78, 5) is 8.48. The summed E-state index contributed by atoms with van der Waals surface area (Å²) in [6.07, 6.45) is 1.72. The molecule has 0 amide bonds. The van der Waals surface area contributed by atoms with Crippen LogP contribution in [-0.2, 0) is 11.3 Å². The Kier molecular flexibility index (Phi) is 4.31. The van der Waals surface area contributed by atoms with E-state index in [0.29, 0.717) is 17.6 Å². The number of methoxy groups -OCH3 is 1. The molecule has 1 aromatic heterocycles. The van der Waals surface area contributed by atoms with E-state index < -0.39 is 0 Å². The van der Waals surface area contributed by atoms with Crippen molar-refractivity contribution in [1.82, 2.24) is 9.97 Å². The second-order valence-corrected chi connectivity index (χ2v) is 4.98. The Hall–Kier alpha value is -0.720. The SMILES string of the molecule is COCc1ccc(-c2ncc(I)c(Cl)n2)cc1. The Labute approximate surface area is 118 Å². The molecule has 1 aromatic carbocycles. The van der Waals surface area contributed by atoms with Crippen molar-refractivity contribution in [2.45, 2.75) is 6.61 Å². The Morgan fingerprint density at radius 3 is 2.59 bits per heavy atom. The molecule has 0 saturated carbocycles. The van der Waals surface area contributed by atoms with Crippen molar-refractivity contribution >= 4 is 34.2 Å². The first-order valence-corrected chi connectivity index (χ1v) is 6.42. The molecule has 0 N–H and O–H groups in total. The minimum absolute atomic E-state index is 0.483. The standard InChI is InChI=1S/C12H10ClIN2O/c1-17-7-8-2-4-9(5-3-8)12-15-6-10(14)11(13)16-12/h2-6H,7H2,1H3. The van der Waals surface area contributed by atoms with Crippen LogP contribution in [0.15, 0.2) is 30.5 Å². The fourth-order valence-corrected chi connectivity index (χ4v) is 1.79. The molecule has 17 heavy (non-hydrogen) atoms. The minimum atomic E-state index is 0.483. The highest BCUT2D eigenvalue weighted by Crippen LogP contribution is 2.20. The molecule has 0 aliphatic heterocycles. The fourth-order valence-electron chi connectivity index (χ4n) is 1.40. The number of ether oxygens (including phenoxy) is 1. The highest BCUT2D eigenvalue weighted by molar-refractivity contribution is 14.1. The smallest absolute Gasteiger partial charge is 0.160 e. The molecular weight excluding hydrogens is 351 g/mol. The van der Waals surface area contributed by atoms with Crippen molar-refractivity contribution in [3.63, 3.8) is 0 Å². The summed E-state index contributed by atoms with van der Waals surface area (Å²) in [7, 11) is 1.68. The molecule has 0 unspecified atom stereocenters. The molecule has 2 aromatic rings. The van der Waals surface area contributed by atoms with Crippen molar-refractivity contribution in [1.29, 1.82) is 0 Å². The third-order valence-electron chi connectivity index (χ3n) is 2.22. The van der Waals surface area contributed by atoms with Crippen molar-refractivity contribution in [3.05, 3.63) is 44.7 Å². The van der Waals surface area contributed by atoms with Gasteiger partial charge in [-0.15, -0.1) is 0 Å². The molecule has 3 nitrogen and oxygen atoms in total. The van der Waals surface area contributed by atoms with Gasteiger partial charge in [0.1, 0.15) is 5.15 Å². The monoisotopic (exact) mass is 360 g/mol. The Balaban J connectivity index is 2.30. The quantitative estimate of drug-likeness (QED) is 0.620. The van der Waals surface area contributed by atoms with E-state index in [-0.39, 0.29) is 0 Å². The van der Waals surface area contributed by atoms with Crippen molar-refractivity contribution < 1.29 is 4.74 Å². The number of halogens is 2. The van der Waals surface area contributed by atoms with E-state index in [1.165, 1.54) is 0 Å². The number of benzene rings is 1. The van der Waals surface area contributed by atoms with Gasteiger partial charge in [0.2, 0.25) is 0 Å². The van der Waals surface area contributed by atoms with E-state index in [4.69, 9.17) is 16.3 Å². The summed E-state index contributed by atoms with van der Waals surface area (Å²) in [5.74, 6) is 0.638. The Morgan fingerprint density at radius 1 is 1.29 bits per heavy atom. The number of nitrogens with zero attached hydrogens (tertiary/aromatic N) is 2. The van der Waals surface area contributed by atoms with Crippen molar-refractivity contribution in [3.8, 4) is 11.4 Å². The summed E-state index contributed by atoms with van der Waals surface area (Å²) < 4.78 is 5.91. The molecule has 0 fully saturated rings. The molecule has 0 bridgehead atoms. The second-order valence-electron chi connectivity index (χ2n) is 3.46. The number of hydrogen-bond donors (Lipinski definition) is 0. The lowest BCUT2D eigenvalue weighted by molar-refractivity contribution is 0.185. The average molecular weight is 361 g/mol. The maximum atomic E-state index is 5.97. The van der Waals surface area contributed by atoms with E-state index in [0.717, 1.165) is 14.7 Å². The third kappa shape index (κ3) is 3.14. The maximum Gasteiger partial charge on any atom is 0.160 e. The highest BCUT2D eigenvalue weighted by atomic mass is 127. The van der Waals surface area contributed by atoms with Crippen LogP contribution in [0, 0.1) is 3.57 Å². The van der Waals surface area contributed by atoms with E-state index in [9.17, 15) is 0 Å². The van der Waals surface area contributed by atoms with Crippen LogP contribution < -0.4 is 0 Å². The first-order chi connectivity index (χ1) is 8.20. The van der Waals surface area contributed by atoms with Gasteiger partial charge < -0.3 is 4.74 Å². The van der Waals surface area contributed by atoms with Crippen LogP contribution >= 0.6 is 34.2 Å². The van der Waals surface area contributed by atoms with Gasteiger partial charge in [0, 0.05) is 18.9 Å². The molecule has 2 rings (SSSR count). The number of aromatic nitrogens is 2. The lowest BCUT2D eigenvalue weighted by Gasteiger charge is -2.03. The normalized spacial score (nSPS) is 10.5. The molecule has 1 heterocycles. The lowest BCUT2D eigenvalue weighted by atomic mass is 10.1. The van der Waals surface area contributed by atoms with E-state index >= 15 is 0 Å². The van der Waals surface area contributed by atoms with Crippen LogP contribution in [0.1, 0.15) is 5.56 Å². The van der Waals surface area contributed by atoms with Crippen LogP contribution in [0.3, 0.4) is 0 Å². The van der Waals surface area contributed by atoms with Crippen LogP contribution in [-0.4, -0.2) is 17.1 Å². The molecular formula is C12H10ClIN2O. The zero-order valence-electron chi connectivity index (χ0n) is 9.15. The zero-order chi connectivity index (χ0) is 12.3. The number of rotatable bonds is 3. The van der Waals surface area contributed by atoms with E-state index in [1.807, 2.05) is 24.3 Å². The highest BCUT2D eigenvalue weighted by Gasteiger charge is 2.05. The largest absolute Gasteiger partial charge is 0.380 e. The predicted octanol–water partition coefficient (Wildman–Crippen LogP) is 3.55. The van der Waals surface area contributed by atoms with Crippen molar-refractivity contribution in [2.75, 3.05) is 7.11 Å². The second kappa shape index (κ2) is 5.75. The van der Waals surface area contributed by atoms with Crippen LogP contribution in [0.2, 0.25) is 5.15 Å². The molecule has 0 radical (unpaired) electrons. The first-order valence-electron chi connectivity index (χ1n) is 4.97. The minimum Gasteiger partial charge on any atom is -0.380 e. The van der Waals surface area contributed by atoms with Gasteiger partial charge in [-0.3, -0.25) is 0 Å². The third-order valence-corrected chi connectivity index (χ3v) is 3.62.